The lowest BCUT2D eigenvalue weighted by molar-refractivity contribution is -0.133. The number of aryl methyl sites for hydroxylation is 1. The maximum atomic E-state index is 12.4. The zero-order valence-electron chi connectivity index (χ0n) is 11.8. The fourth-order valence-electron chi connectivity index (χ4n) is 1.84. The lowest BCUT2D eigenvalue weighted by atomic mass is 10.2. The molecule has 1 aromatic heterocycles. The first-order valence-electron chi connectivity index (χ1n) is 6.05. The van der Waals surface area contributed by atoms with Crippen LogP contribution in [-0.2, 0) is 11.8 Å². The average Bonchev–Trinajstić information content (AvgIpc) is 2.63. The molecule has 0 aliphatic carbocycles. The van der Waals surface area contributed by atoms with Crippen molar-refractivity contribution in [3.8, 4) is 0 Å². The molecular formula is C11H21N5OS. The highest BCUT2D eigenvalue weighted by atomic mass is 32.2. The van der Waals surface area contributed by atoms with E-state index in [1.54, 1.807) is 11.7 Å². The first kappa shape index (κ1) is 14.9. The third kappa shape index (κ3) is 3.44. The highest BCUT2D eigenvalue weighted by Crippen LogP contribution is 2.22. The Morgan fingerprint density at radius 3 is 2.17 bits per heavy atom. The van der Waals surface area contributed by atoms with Gasteiger partial charge in [0.1, 0.15) is 0 Å². The van der Waals surface area contributed by atoms with Gasteiger partial charge in [-0.15, -0.1) is 5.10 Å². The largest absolute Gasteiger partial charge is 0.337 e. The van der Waals surface area contributed by atoms with Crippen molar-refractivity contribution in [1.82, 2.24) is 25.1 Å². The summed E-state index contributed by atoms with van der Waals surface area (Å²) in [5.74, 6) is 0.119. The van der Waals surface area contributed by atoms with Crippen LogP contribution < -0.4 is 0 Å². The second kappa shape index (κ2) is 6.17. The Hall–Kier alpha value is -1.11. The van der Waals surface area contributed by atoms with Crippen molar-refractivity contribution < 1.29 is 4.79 Å². The summed E-state index contributed by atoms with van der Waals surface area (Å²) in [7, 11) is 1.77. The van der Waals surface area contributed by atoms with E-state index in [2.05, 4.69) is 15.5 Å². The third-order valence-corrected chi connectivity index (χ3v) is 3.69. The number of rotatable bonds is 5. The van der Waals surface area contributed by atoms with Gasteiger partial charge in [-0.25, -0.2) is 4.68 Å². The summed E-state index contributed by atoms with van der Waals surface area (Å²) in [6.07, 6.45) is 0. The van der Waals surface area contributed by atoms with Gasteiger partial charge in [0, 0.05) is 19.1 Å². The first-order chi connectivity index (χ1) is 8.34. The third-order valence-electron chi connectivity index (χ3n) is 2.58. The van der Waals surface area contributed by atoms with Crippen LogP contribution in [0.4, 0.5) is 0 Å². The van der Waals surface area contributed by atoms with Gasteiger partial charge in [-0.05, 0) is 45.0 Å². The van der Waals surface area contributed by atoms with Gasteiger partial charge in [0.05, 0.1) is 5.25 Å². The molecule has 1 atom stereocenters. The van der Waals surface area contributed by atoms with E-state index in [4.69, 9.17) is 0 Å². The van der Waals surface area contributed by atoms with Crippen molar-refractivity contribution in [2.75, 3.05) is 0 Å². The molecule has 0 radical (unpaired) electrons. The molecule has 1 amide bonds. The fourth-order valence-corrected chi connectivity index (χ4v) is 2.66. The number of carbonyl (C=O) groups excluding carboxylic acids is 1. The summed E-state index contributed by atoms with van der Waals surface area (Å²) in [5.41, 5.74) is 0. The van der Waals surface area contributed by atoms with Gasteiger partial charge in [-0.3, -0.25) is 4.79 Å². The van der Waals surface area contributed by atoms with Gasteiger partial charge in [0.2, 0.25) is 11.1 Å². The first-order valence-corrected chi connectivity index (χ1v) is 6.93. The predicted octanol–water partition coefficient (Wildman–Crippen LogP) is 1.34. The predicted molar refractivity (Wildman–Crippen MR) is 71.2 cm³/mol. The molecule has 0 saturated heterocycles. The number of amides is 1. The molecule has 0 fully saturated rings. The van der Waals surface area contributed by atoms with E-state index in [9.17, 15) is 4.79 Å². The Morgan fingerprint density at radius 2 is 1.78 bits per heavy atom. The van der Waals surface area contributed by atoms with E-state index in [1.165, 1.54) is 11.8 Å². The molecule has 1 aromatic rings. The van der Waals surface area contributed by atoms with Crippen molar-refractivity contribution in [1.29, 1.82) is 0 Å². The van der Waals surface area contributed by atoms with E-state index in [0.717, 1.165) is 0 Å². The molecule has 0 saturated carbocycles. The fraction of sp³-hybridized carbons (Fsp3) is 0.818. The smallest absolute Gasteiger partial charge is 0.236 e. The Labute approximate surface area is 112 Å². The summed E-state index contributed by atoms with van der Waals surface area (Å²) >= 11 is 1.38. The Kier molecular flexibility index (Phi) is 5.13. The molecule has 1 heterocycles. The van der Waals surface area contributed by atoms with Crippen molar-refractivity contribution in [2.45, 2.75) is 57.1 Å². The minimum atomic E-state index is -0.195. The molecule has 0 bridgehead atoms. The summed E-state index contributed by atoms with van der Waals surface area (Å²) in [6.45, 7) is 10.00. The number of carbonyl (C=O) groups is 1. The van der Waals surface area contributed by atoms with Crippen LogP contribution in [0.5, 0.6) is 0 Å². The number of nitrogens with zero attached hydrogens (tertiary/aromatic N) is 5. The van der Waals surface area contributed by atoms with Crippen molar-refractivity contribution in [3.05, 3.63) is 0 Å². The standard InChI is InChI=1S/C11H21N5OS/c1-7(2)16(8(3)4)10(17)9(5)18-11-12-13-14-15(11)6/h7-9H,1-6H3. The van der Waals surface area contributed by atoms with E-state index < -0.39 is 0 Å². The van der Waals surface area contributed by atoms with Gasteiger partial charge in [0.25, 0.3) is 0 Å². The maximum Gasteiger partial charge on any atom is 0.236 e. The van der Waals surface area contributed by atoms with Crippen LogP contribution in [-0.4, -0.2) is 48.3 Å². The van der Waals surface area contributed by atoms with E-state index in [-0.39, 0.29) is 23.2 Å². The Bertz CT molecular complexity index is 396. The number of thioether (sulfide) groups is 1. The molecule has 0 N–H and O–H groups in total. The normalized spacial score (nSPS) is 13.1. The van der Waals surface area contributed by atoms with Crippen LogP contribution in [0.15, 0.2) is 5.16 Å². The molecule has 18 heavy (non-hydrogen) atoms. The summed E-state index contributed by atoms with van der Waals surface area (Å²) in [4.78, 5) is 14.3. The zero-order chi connectivity index (χ0) is 13.9. The van der Waals surface area contributed by atoms with Gasteiger partial charge in [-0.2, -0.15) is 0 Å². The number of hydrogen-bond acceptors (Lipinski definition) is 5. The van der Waals surface area contributed by atoms with Crippen LogP contribution in [0.3, 0.4) is 0 Å². The highest BCUT2D eigenvalue weighted by molar-refractivity contribution is 8.00. The number of tetrazole rings is 1. The highest BCUT2D eigenvalue weighted by Gasteiger charge is 2.26. The van der Waals surface area contributed by atoms with E-state index in [1.807, 2.05) is 39.5 Å². The second-order valence-electron chi connectivity index (χ2n) is 4.78. The molecule has 0 aliphatic rings. The van der Waals surface area contributed by atoms with Crippen LogP contribution in [0.25, 0.3) is 0 Å². The lowest BCUT2D eigenvalue weighted by Crippen LogP contribution is -2.45. The van der Waals surface area contributed by atoms with E-state index >= 15 is 0 Å². The molecule has 0 spiro atoms. The van der Waals surface area contributed by atoms with Crippen molar-refractivity contribution in [2.24, 2.45) is 7.05 Å². The SMILES string of the molecule is CC(Sc1nnnn1C)C(=O)N(C(C)C)C(C)C. The molecule has 1 rings (SSSR count). The van der Waals surface area contributed by atoms with Crippen molar-refractivity contribution in [3.63, 3.8) is 0 Å². The Balaban J connectivity index is 2.74. The minimum absolute atomic E-state index is 0.119. The number of hydrogen-bond donors (Lipinski definition) is 0. The Morgan fingerprint density at radius 1 is 1.22 bits per heavy atom. The van der Waals surface area contributed by atoms with Gasteiger partial charge < -0.3 is 4.90 Å². The lowest BCUT2D eigenvalue weighted by Gasteiger charge is -2.32. The van der Waals surface area contributed by atoms with Crippen molar-refractivity contribution >= 4 is 17.7 Å². The van der Waals surface area contributed by atoms with Gasteiger partial charge >= 0.3 is 0 Å². The van der Waals surface area contributed by atoms with Crippen LogP contribution in [0, 0.1) is 0 Å². The molecule has 0 aliphatic heterocycles. The summed E-state index contributed by atoms with van der Waals surface area (Å²) in [5, 5.41) is 11.7. The minimum Gasteiger partial charge on any atom is -0.337 e. The second-order valence-corrected chi connectivity index (χ2v) is 6.09. The molecular weight excluding hydrogens is 250 g/mol. The molecule has 1 unspecified atom stereocenters. The molecule has 0 aromatic carbocycles. The maximum absolute atomic E-state index is 12.4. The van der Waals surface area contributed by atoms with Gasteiger partial charge in [0.15, 0.2) is 0 Å². The van der Waals surface area contributed by atoms with Crippen LogP contribution in [0.2, 0.25) is 0 Å². The summed E-state index contributed by atoms with van der Waals surface area (Å²) in [6, 6.07) is 0.386. The summed E-state index contributed by atoms with van der Waals surface area (Å²) < 4.78 is 1.57. The van der Waals surface area contributed by atoms with Crippen LogP contribution >= 0.6 is 11.8 Å². The monoisotopic (exact) mass is 271 g/mol. The zero-order valence-corrected chi connectivity index (χ0v) is 12.6. The number of aromatic nitrogens is 4. The molecule has 7 heteroatoms. The molecule has 6 nitrogen and oxygen atoms in total. The van der Waals surface area contributed by atoms with Gasteiger partial charge in [-0.1, -0.05) is 11.8 Å². The van der Waals surface area contributed by atoms with E-state index in [0.29, 0.717) is 5.16 Å². The average molecular weight is 271 g/mol. The van der Waals surface area contributed by atoms with Crippen LogP contribution in [0.1, 0.15) is 34.6 Å². The quantitative estimate of drug-likeness (QED) is 0.756. The topological polar surface area (TPSA) is 63.9 Å². The molecule has 102 valence electrons.